The van der Waals surface area contributed by atoms with E-state index in [1.165, 1.54) is 31.4 Å². The maximum Gasteiger partial charge on any atom is 0.142 e. The highest BCUT2D eigenvalue weighted by Crippen LogP contribution is 2.37. The zero-order valence-corrected chi connectivity index (χ0v) is 15.8. The van der Waals surface area contributed by atoms with E-state index in [-0.39, 0.29) is 0 Å². The number of fused-ring (bicyclic) bond motifs is 1. The Kier molecular flexibility index (Phi) is 5.15. The van der Waals surface area contributed by atoms with Crippen molar-refractivity contribution in [1.82, 2.24) is 19.3 Å². The first-order chi connectivity index (χ1) is 12.2. The van der Waals surface area contributed by atoms with Gasteiger partial charge in [-0.15, -0.1) is 0 Å². The highest BCUT2D eigenvalue weighted by molar-refractivity contribution is 7.97. The quantitative estimate of drug-likeness (QED) is 0.765. The molecular weight excluding hydrogens is 334 g/mol. The molecule has 0 spiro atoms. The average molecular weight is 362 g/mol. The number of nitrogens with zero attached hydrogens (tertiary/aromatic N) is 4. The van der Waals surface area contributed by atoms with Crippen LogP contribution < -0.4 is 4.90 Å². The Morgan fingerprint density at radius 2 is 2.20 bits per heavy atom. The molecule has 3 heterocycles. The maximum atomic E-state index is 5.72. The summed E-state index contributed by atoms with van der Waals surface area (Å²) in [6, 6.07) is 2.65. The molecule has 1 saturated carbocycles. The molecule has 25 heavy (non-hydrogen) atoms. The molecule has 1 unspecified atom stereocenters. The van der Waals surface area contributed by atoms with Crippen molar-refractivity contribution in [3.05, 3.63) is 18.6 Å². The van der Waals surface area contributed by atoms with Crippen LogP contribution in [0.4, 0.5) is 5.82 Å². The molecule has 2 fully saturated rings. The van der Waals surface area contributed by atoms with E-state index in [1.807, 2.05) is 18.1 Å². The summed E-state index contributed by atoms with van der Waals surface area (Å²) in [5, 5.41) is 1.11. The van der Waals surface area contributed by atoms with Gasteiger partial charge in [0.1, 0.15) is 17.8 Å². The van der Waals surface area contributed by atoms with Crippen LogP contribution >= 0.6 is 11.9 Å². The lowest BCUT2D eigenvalue weighted by atomic mass is 9.81. The first kappa shape index (κ1) is 17.1. The van der Waals surface area contributed by atoms with Crippen LogP contribution in [0.3, 0.4) is 0 Å². The Morgan fingerprint density at radius 3 is 3.00 bits per heavy atom. The number of aromatic nitrogens is 3. The van der Waals surface area contributed by atoms with Crippen molar-refractivity contribution >= 4 is 28.8 Å². The molecular formula is C18H27N5OS. The van der Waals surface area contributed by atoms with E-state index >= 15 is 0 Å². The van der Waals surface area contributed by atoms with Gasteiger partial charge in [0.05, 0.1) is 11.5 Å². The van der Waals surface area contributed by atoms with Crippen LogP contribution in [0, 0.1) is 5.92 Å². The minimum absolute atomic E-state index is 0.444. The molecule has 0 bridgehead atoms. The monoisotopic (exact) mass is 361 g/mol. The van der Waals surface area contributed by atoms with E-state index in [9.17, 15) is 0 Å². The number of hydrogen-bond donors (Lipinski definition) is 1. The molecule has 6 nitrogen and oxygen atoms in total. The summed E-state index contributed by atoms with van der Waals surface area (Å²) in [5.41, 5.74) is 0.916. The van der Waals surface area contributed by atoms with E-state index < -0.39 is 0 Å². The summed E-state index contributed by atoms with van der Waals surface area (Å²) < 4.78 is 8.08. The van der Waals surface area contributed by atoms with E-state index in [0.717, 1.165) is 35.9 Å². The molecule has 2 aromatic rings. The van der Waals surface area contributed by atoms with Gasteiger partial charge in [0.25, 0.3) is 0 Å². The molecule has 7 heteroatoms. The van der Waals surface area contributed by atoms with Crippen LogP contribution in [0.25, 0.3) is 11.0 Å². The standard InChI is InChI=1S/C18H27N5OS/c1-22(10-15-4-3-7-24-15)25-11-13-8-14(9-13)23(2)18-16-5-6-19-17(16)20-12-21-18/h5-6,12-15H,3-4,7-11H2,1-2H3,(H,19,20,21)/t13-,14+,15?. The van der Waals surface area contributed by atoms with Crippen molar-refractivity contribution in [2.45, 2.75) is 37.8 Å². The van der Waals surface area contributed by atoms with Crippen LogP contribution in [0.2, 0.25) is 0 Å². The first-order valence-electron chi connectivity index (χ1n) is 9.17. The molecule has 2 aliphatic rings. The van der Waals surface area contributed by atoms with Gasteiger partial charge in [0, 0.05) is 38.2 Å². The van der Waals surface area contributed by atoms with Gasteiger partial charge in [-0.2, -0.15) is 0 Å². The van der Waals surface area contributed by atoms with Crippen molar-refractivity contribution in [3.63, 3.8) is 0 Å². The zero-order chi connectivity index (χ0) is 17.2. The number of aromatic amines is 1. The lowest BCUT2D eigenvalue weighted by Crippen LogP contribution is -2.44. The van der Waals surface area contributed by atoms with Crippen molar-refractivity contribution in [2.24, 2.45) is 5.92 Å². The van der Waals surface area contributed by atoms with E-state index in [0.29, 0.717) is 12.1 Å². The second-order valence-electron chi connectivity index (χ2n) is 7.28. The van der Waals surface area contributed by atoms with Gasteiger partial charge in [0.2, 0.25) is 0 Å². The van der Waals surface area contributed by atoms with Gasteiger partial charge in [-0.1, -0.05) is 11.9 Å². The molecule has 1 saturated heterocycles. The number of ether oxygens (including phenoxy) is 1. The molecule has 1 aliphatic heterocycles. The molecule has 4 rings (SSSR count). The summed E-state index contributed by atoms with van der Waals surface area (Å²) in [5.74, 6) is 3.04. The summed E-state index contributed by atoms with van der Waals surface area (Å²) >= 11 is 1.96. The van der Waals surface area contributed by atoms with Crippen LogP contribution in [0.1, 0.15) is 25.7 Å². The normalized spacial score (nSPS) is 26.3. The Hall–Kier alpha value is -1.31. The largest absolute Gasteiger partial charge is 0.377 e. The molecule has 0 amide bonds. The van der Waals surface area contributed by atoms with Gasteiger partial charge in [-0.3, -0.25) is 4.31 Å². The highest BCUT2D eigenvalue weighted by Gasteiger charge is 2.33. The Balaban J connectivity index is 1.24. The second-order valence-corrected chi connectivity index (χ2v) is 8.50. The third kappa shape index (κ3) is 3.78. The maximum absolute atomic E-state index is 5.72. The van der Waals surface area contributed by atoms with Crippen molar-refractivity contribution in [1.29, 1.82) is 0 Å². The minimum Gasteiger partial charge on any atom is -0.377 e. The third-order valence-corrected chi connectivity index (χ3v) is 6.65. The zero-order valence-electron chi connectivity index (χ0n) is 15.0. The topological polar surface area (TPSA) is 57.3 Å². The number of nitrogens with one attached hydrogen (secondary N) is 1. The van der Waals surface area contributed by atoms with Gasteiger partial charge < -0.3 is 14.6 Å². The molecule has 0 radical (unpaired) electrons. The smallest absolute Gasteiger partial charge is 0.142 e. The van der Waals surface area contributed by atoms with Gasteiger partial charge in [-0.05, 0) is 44.7 Å². The Labute approximate surface area is 153 Å². The van der Waals surface area contributed by atoms with E-state index in [4.69, 9.17) is 4.74 Å². The molecule has 2 aromatic heterocycles. The van der Waals surface area contributed by atoms with Crippen molar-refractivity contribution < 1.29 is 4.74 Å². The van der Waals surface area contributed by atoms with Gasteiger partial charge >= 0.3 is 0 Å². The molecule has 1 aliphatic carbocycles. The summed E-state index contributed by atoms with van der Waals surface area (Å²) in [7, 11) is 4.35. The van der Waals surface area contributed by atoms with Crippen LogP contribution in [0.15, 0.2) is 18.6 Å². The van der Waals surface area contributed by atoms with Crippen molar-refractivity contribution in [3.8, 4) is 0 Å². The predicted molar refractivity (Wildman–Crippen MR) is 103 cm³/mol. The van der Waals surface area contributed by atoms with Gasteiger partial charge in [-0.25, -0.2) is 9.97 Å². The number of hydrogen-bond acceptors (Lipinski definition) is 6. The van der Waals surface area contributed by atoms with E-state index in [2.05, 4.69) is 44.3 Å². The van der Waals surface area contributed by atoms with Gasteiger partial charge in [0.15, 0.2) is 0 Å². The second kappa shape index (κ2) is 7.51. The fourth-order valence-electron chi connectivity index (χ4n) is 3.83. The van der Waals surface area contributed by atoms with Crippen LogP contribution in [-0.4, -0.2) is 64.4 Å². The number of anilines is 1. The fourth-order valence-corrected chi connectivity index (χ4v) is 4.84. The molecule has 136 valence electrons. The third-order valence-electron chi connectivity index (χ3n) is 5.44. The molecule has 1 atom stereocenters. The number of rotatable bonds is 7. The van der Waals surface area contributed by atoms with Crippen molar-refractivity contribution in [2.75, 3.05) is 37.9 Å². The van der Waals surface area contributed by atoms with E-state index in [1.54, 1.807) is 6.33 Å². The summed E-state index contributed by atoms with van der Waals surface area (Å²) in [4.78, 5) is 14.3. The highest BCUT2D eigenvalue weighted by atomic mass is 32.2. The number of likely N-dealkylation sites (N-methyl/N-ethyl adjacent to an activating group) is 1. The predicted octanol–water partition coefficient (Wildman–Crippen LogP) is 2.93. The lowest BCUT2D eigenvalue weighted by molar-refractivity contribution is 0.0996. The number of H-pyrrole nitrogens is 1. The Morgan fingerprint density at radius 1 is 1.32 bits per heavy atom. The lowest BCUT2D eigenvalue weighted by Gasteiger charge is -2.42. The first-order valence-corrected chi connectivity index (χ1v) is 10.1. The fraction of sp³-hybridized carbons (Fsp3) is 0.667. The van der Waals surface area contributed by atoms with Crippen LogP contribution in [0.5, 0.6) is 0 Å². The molecule has 0 aromatic carbocycles. The average Bonchev–Trinajstić information content (AvgIpc) is 3.23. The summed E-state index contributed by atoms with van der Waals surface area (Å²) in [6.45, 7) is 1.99. The Bertz CT molecular complexity index is 696. The SMILES string of the molecule is CN(CC1CCCO1)SC[C@H]1C[C@@H](N(C)c2ncnc3[nH]ccc23)C1. The minimum atomic E-state index is 0.444. The van der Waals surface area contributed by atoms with Crippen LogP contribution in [-0.2, 0) is 4.74 Å². The summed E-state index contributed by atoms with van der Waals surface area (Å²) in [6.07, 6.45) is 8.95. The molecule has 1 N–H and O–H groups in total.